The Morgan fingerprint density at radius 1 is 1.15 bits per heavy atom. The Labute approximate surface area is 195 Å². The topological polar surface area (TPSA) is 56.8 Å². The minimum atomic E-state index is -4.40. The smallest absolute Gasteiger partial charge is 0.335 e. The predicted octanol–water partition coefficient (Wildman–Crippen LogP) is 3.85. The zero-order valence-electron chi connectivity index (χ0n) is 17.6. The lowest BCUT2D eigenvalue weighted by molar-refractivity contribution is -0.137. The van der Waals surface area contributed by atoms with E-state index in [1.807, 2.05) is 4.90 Å². The SMILES string of the molecule is Cc1c(C(=O)N2CC(N3CC(N4Cc5scnc5C4=O)C3)C2)sc2cc(C(F)(F)F)ccc12. The number of amides is 2. The molecule has 5 heterocycles. The van der Waals surface area contributed by atoms with E-state index in [0.717, 1.165) is 47.0 Å². The summed E-state index contributed by atoms with van der Waals surface area (Å²) >= 11 is 2.64. The molecule has 0 radical (unpaired) electrons. The van der Waals surface area contributed by atoms with Crippen LogP contribution in [0.3, 0.4) is 0 Å². The van der Waals surface area contributed by atoms with Crippen LogP contribution >= 0.6 is 22.7 Å². The van der Waals surface area contributed by atoms with E-state index in [-0.39, 0.29) is 23.9 Å². The number of aromatic nitrogens is 1. The molecule has 2 aromatic heterocycles. The number of hydrogen-bond donors (Lipinski definition) is 0. The van der Waals surface area contributed by atoms with E-state index < -0.39 is 11.7 Å². The first-order chi connectivity index (χ1) is 15.7. The van der Waals surface area contributed by atoms with Crippen molar-refractivity contribution in [1.29, 1.82) is 0 Å². The Hall–Kier alpha value is -2.50. The maximum absolute atomic E-state index is 13.0. The summed E-state index contributed by atoms with van der Waals surface area (Å²) < 4.78 is 39.6. The quantitative estimate of drug-likeness (QED) is 0.558. The van der Waals surface area contributed by atoms with Gasteiger partial charge in [0.05, 0.1) is 33.4 Å². The van der Waals surface area contributed by atoms with E-state index >= 15 is 0 Å². The number of thiophene rings is 1. The van der Waals surface area contributed by atoms with Crippen molar-refractivity contribution in [2.24, 2.45) is 0 Å². The molecule has 33 heavy (non-hydrogen) atoms. The summed E-state index contributed by atoms with van der Waals surface area (Å²) in [7, 11) is 0. The molecule has 3 aliphatic heterocycles. The third-order valence-electron chi connectivity index (χ3n) is 6.88. The first kappa shape index (κ1) is 21.1. The van der Waals surface area contributed by atoms with Gasteiger partial charge in [-0.1, -0.05) is 6.07 Å². The fraction of sp³-hybridized carbons (Fsp3) is 0.409. The molecule has 6 rings (SSSR count). The molecule has 172 valence electrons. The minimum absolute atomic E-state index is 0.00947. The number of benzene rings is 1. The zero-order valence-corrected chi connectivity index (χ0v) is 19.2. The van der Waals surface area contributed by atoms with Crippen molar-refractivity contribution in [3.63, 3.8) is 0 Å². The molecule has 0 spiro atoms. The number of carbonyl (C=O) groups is 2. The highest BCUT2D eigenvalue weighted by atomic mass is 32.1. The van der Waals surface area contributed by atoms with Gasteiger partial charge >= 0.3 is 6.18 Å². The molecule has 0 N–H and O–H groups in total. The van der Waals surface area contributed by atoms with E-state index in [1.165, 1.54) is 17.4 Å². The Bertz CT molecular complexity index is 1290. The molecule has 11 heteroatoms. The molecule has 2 saturated heterocycles. The number of fused-ring (bicyclic) bond motifs is 2. The number of halogens is 3. The molecule has 3 aromatic rings. The number of aryl methyl sites for hydroxylation is 1. The first-order valence-electron chi connectivity index (χ1n) is 10.6. The van der Waals surface area contributed by atoms with Crippen molar-refractivity contribution in [1.82, 2.24) is 19.7 Å². The fourth-order valence-electron chi connectivity index (χ4n) is 4.80. The van der Waals surface area contributed by atoms with Crippen LogP contribution in [0.5, 0.6) is 0 Å². The summed E-state index contributed by atoms with van der Waals surface area (Å²) in [5.74, 6) is -0.115. The second-order valence-electron chi connectivity index (χ2n) is 8.79. The van der Waals surface area contributed by atoms with Crippen molar-refractivity contribution in [3.8, 4) is 0 Å². The lowest BCUT2D eigenvalue weighted by atomic mass is 9.98. The highest BCUT2D eigenvalue weighted by Gasteiger charge is 2.46. The van der Waals surface area contributed by atoms with Crippen molar-refractivity contribution < 1.29 is 22.8 Å². The minimum Gasteiger partial charge on any atom is -0.335 e. The lowest BCUT2D eigenvalue weighted by Gasteiger charge is -2.53. The van der Waals surface area contributed by atoms with Crippen LogP contribution in [0.2, 0.25) is 0 Å². The number of nitrogens with zero attached hydrogens (tertiary/aromatic N) is 4. The normalized spacial score (nSPS) is 19.8. The Morgan fingerprint density at radius 2 is 1.91 bits per heavy atom. The van der Waals surface area contributed by atoms with Crippen molar-refractivity contribution in [2.45, 2.75) is 31.7 Å². The Morgan fingerprint density at radius 3 is 2.61 bits per heavy atom. The number of thiazole rings is 1. The van der Waals surface area contributed by atoms with Gasteiger partial charge in [0.1, 0.15) is 5.69 Å². The third-order valence-corrected chi connectivity index (χ3v) is 8.94. The summed E-state index contributed by atoms with van der Waals surface area (Å²) in [5, 5.41) is 0.692. The first-order valence-corrected chi connectivity index (χ1v) is 12.3. The molecule has 2 amide bonds. The number of likely N-dealkylation sites (tertiary alicyclic amines) is 2. The maximum Gasteiger partial charge on any atom is 0.416 e. The van der Waals surface area contributed by atoms with Gasteiger partial charge in [-0.3, -0.25) is 14.5 Å². The summed E-state index contributed by atoms with van der Waals surface area (Å²) in [6.07, 6.45) is -4.40. The Balaban J connectivity index is 1.07. The van der Waals surface area contributed by atoms with Gasteiger partial charge in [-0.2, -0.15) is 13.2 Å². The molecular formula is C22H19F3N4O2S2. The van der Waals surface area contributed by atoms with E-state index in [9.17, 15) is 22.8 Å². The van der Waals surface area contributed by atoms with Gasteiger partial charge in [0.2, 0.25) is 0 Å². The van der Waals surface area contributed by atoms with E-state index in [4.69, 9.17) is 0 Å². The van der Waals surface area contributed by atoms with Crippen molar-refractivity contribution in [3.05, 3.63) is 50.3 Å². The zero-order chi connectivity index (χ0) is 23.1. The number of alkyl halides is 3. The second-order valence-corrected chi connectivity index (χ2v) is 10.8. The summed E-state index contributed by atoms with van der Waals surface area (Å²) in [6, 6.07) is 4.07. The predicted molar refractivity (Wildman–Crippen MR) is 119 cm³/mol. The molecule has 0 atom stereocenters. The Kier molecular flexibility index (Phi) is 4.63. The molecule has 0 unspecified atom stereocenters. The second kappa shape index (κ2) is 7.25. The highest BCUT2D eigenvalue weighted by Crippen LogP contribution is 2.38. The standard InChI is InChI=1S/C22H19F3N4O2S2/c1-11-15-3-2-12(22(23,24)25)4-16(15)33-19(11)21(31)28-5-13(6-28)27-7-14(8-27)29-9-17-18(20(29)30)26-10-32-17/h2-4,10,13-14H,5-9H2,1H3. The van der Waals surface area contributed by atoms with Crippen LogP contribution < -0.4 is 0 Å². The molecule has 6 nitrogen and oxygen atoms in total. The van der Waals surface area contributed by atoms with Crippen molar-refractivity contribution >= 4 is 44.6 Å². The number of rotatable bonds is 3. The van der Waals surface area contributed by atoms with Gasteiger partial charge in [-0.05, 0) is 30.0 Å². The van der Waals surface area contributed by atoms with Crippen LogP contribution in [0.15, 0.2) is 23.7 Å². The van der Waals surface area contributed by atoms with Gasteiger partial charge in [-0.25, -0.2) is 4.98 Å². The van der Waals surface area contributed by atoms with Crippen LogP contribution in [-0.2, 0) is 12.7 Å². The molecule has 0 aliphatic carbocycles. The van der Waals surface area contributed by atoms with Gasteiger partial charge < -0.3 is 9.80 Å². The van der Waals surface area contributed by atoms with E-state index in [1.54, 1.807) is 17.3 Å². The van der Waals surface area contributed by atoms with Gasteiger partial charge in [-0.15, -0.1) is 22.7 Å². The summed E-state index contributed by atoms with van der Waals surface area (Å²) in [6.45, 7) is 5.18. The monoisotopic (exact) mass is 492 g/mol. The fourth-order valence-corrected chi connectivity index (χ4v) is 6.77. The van der Waals surface area contributed by atoms with E-state index in [0.29, 0.717) is 40.3 Å². The highest BCUT2D eigenvalue weighted by molar-refractivity contribution is 7.21. The van der Waals surface area contributed by atoms with Crippen LogP contribution in [0.1, 0.15) is 36.2 Å². The van der Waals surface area contributed by atoms with Crippen LogP contribution in [0, 0.1) is 6.92 Å². The average molecular weight is 493 g/mol. The third kappa shape index (κ3) is 3.28. The van der Waals surface area contributed by atoms with Crippen LogP contribution in [-0.4, -0.2) is 69.8 Å². The molecule has 3 aliphatic rings. The average Bonchev–Trinajstić information content (AvgIpc) is 3.37. The number of hydrogen-bond acceptors (Lipinski definition) is 6. The molecule has 1 aromatic carbocycles. The van der Waals surface area contributed by atoms with Gasteiger partial charge in [0.15, 0.2) is 0 Å². The largest absolute Gasteiger partial charge is 0.416 e. The lowest BCUT2D eigenvalue weighted by Crippen LogP contribution is -2.70. The molecule has 0 bridgehead atoms. The van der Waals surface area contributed by atoms with Crippen molar-refractivity contribution in [2.75, 3.05) is 26.2 Å². The van der Waals surface area contributed by atoms with E-state index in [2.05, 4.69) is 9.88 Å². The summed E-state index contributed by atoms with van der Waals surface area (Å²) in [4.78, 5) is 37.1. The maximum atomic E-state index is 13.0. The molecule has 2 fully saturated rings. The van der Waals surface area contributed by atoms with Gasteiger partial charge in [0, 0.05) is 36.9 Å². The molecule has 0 saturated carbocycles. The number of carbonyl (C=O) groups excluding carboxylic acids is 2. The molecular weight excluding hydrogens is 473 g/mol. The van der Waals surface area contributed by atoms with Gasteiger partial charge in [0.25, 0.3) is 11.8 Å². The summed E-state index contributed by atoms with van der Waals surface area (Å²) in [5.41, 5.74) is 2.32. The van der Waals surface area contributed by atoms with Crippen LogP contribution in [0.25, 0.3) is 10.1 Å². The van der Waals surface area contributed by atoms with Crippen LogP contribution in [0.4, 0.5) is 13.2 Å².